The van der Waals surface area contributed by atoms with Gasteiger partial charge in [0.15, 0.2) is 11.5 Å². The van der Waals surface area contributed by atoms with Gasteiger partial charge < -0.3 is 20.9 Å². The van der Waals surface area contributed by atoms with Crippen molar-refractivity contribution in [1.82, 2.24) is 39.1 Å². The van der Waals surface area contributed by atoms with Gasteiger partial charge in [-0.3, -0.25) is 19.3 Å². The number of aromatic amines is 1. The first-order valence-corrected chi connectivity index (χ1v) is 17.1. The number of imidazole rings is 1. The van der Waals surface area contributed by atoms with Gasteiger partial charge in [-0.1, -0.05) is 39.0 Å². The van der Waals surface area contributed by atoms with E-state index in [-0.39, 0.29) is 11.9 Å². The van der Waals surface area contributed by atoms with Gasteiger partial charge in [0.1, 0.15) is 5.52 Å². The number of rotatable bonds is 12. The highest BCUT2D eigenvalue weighted by atomic mass is 16.1. The number of anilines is 2. The molecule has 0 radical (unpaired) electrons. The summed E-state index contributed by atoms with van der Waals surface area (Å²) in [4.78, 5) is 36.5. The van der Waals surface area contributed by atoms with E-state index in [0.29, 0.717) is 22.9 Å². The van der Waals surface area contributed by atoms with Crippen LogP contribution in [0.5, 0.6) is 0 Å². The van der Waals surface area contributed by atoms with E-state index in [2.05, 4.69) is 41.8 Å². The van der Waals surface area contributed by atoms with E-state index in [1.165, 1.54) is 64.5 Å². The fourth-order valence-corrected chi connectivity index (χ4v) is 8.02. The molecule has 1 atom stereocenters. The number of aromatic nitrogens is 4. The van der Waals surface area contributed by atoms with E-state index in [9.17, 15) is 4.79 Å². The molecule has 2 aliphatic carbocycles. The Morgan fingerprint density at radius 1 is 0.881 bits per heavy atom. The molecule has 4 heterocycles. The lowest BCUT2D eigenvalue weighted by atomic mass is 10.1. The van der Waals surface area contributed by atoms with Crippen LogP contribution in [0.3, 0.4) is 0 Å². The topological polar surface area (TPSA) is 115 Å². The van der Waals surface area contributed by atoms with Gasteiger partial charge in [0, 0.05) is 71.0 Å². The summed E-state index contributed by atoms with van der Waals surface area (Å²) in [7, 11) is 0. The van der Waals surface area contributed by atoms with Gasteiger partial charge in [-0.25, -0.2) is 4.79 Å². The molecule has 1 unspecified atom stereocenters. The van der Waals surface area contributed by atoms with Crippen LogP contribution in [0, 0.1) is 0 Å². The molecule has 2 saturated carbocycles. The van der Waals surface area contributed by atoms with Crippen molar-refractivity contribution in [1.29, 1.82) is 0 Å². The molecule has 4 aliphatic rings. The molecule has 42 heavy (non-hydrogen) atoms. The van der Waals surface area contributed by atoms with Crippen molar-refractivity contribution in [2.75, 3.05) is 76.5 Å². The van der Waals surface area contributed by atoms with E-state index < -0.39 is 0 Å². The maximum absolute atomic E-state index is 13.6. The van der Waals surface area contributed by atoms with Crippen molar-refractivity contribution in [3.63, 3.8) is 0 Å². The Morgan fingerprint density at radius 3 is 2.12 bits per heavy atom. The molecule has 2 aromatic heterocycles. The first kappa shape index (κ1) is 29.8. The van der Waals surface area contributed by atoms with Crippen molar-refractivity contribution in [3.8, 4) is 0 Å². The molecule has 4 fully saturated rings. The lowest BCUT2D eigenvalue weighted by molar-refractivity contribution is 0.0383. The zero-order chi connectivity index (χ0) is 28.9. The number of hydrogen-bond donors (Lipinski definition) is 3. The zero-order valence-electron chi connectivity index (χ0n) is 25.9. The van der Waals surface area contributed by atoms with Crippen LogP contribution in [0.1, 0.15) is 90.1 Å². The van der Waals surface area contributed by atoms with E-state index >= 15 is 0 Å². The van der Waals surface area contributed by atoms with Crippen molar-refractivity contribution in [2.24, 2.45) is 0 Å². The summed E-state index contributed by atoms with van der Waals surface area (Å²) in [6, 6.07) is 1.57. The van der Waals surface area contributed by atoms with Crippen LogP contribution >= 0.6 is 0 Å². The Labute approximate surface area is 251 Å². The summed E-state index contributed by atoms with van der Waals surface area (Å²) >= 11 is 0. The van der Waals surface area contributed by atoms with Crippen LogP contribution < -0.4 is 16.7 Å². The standard InChI is InChI=1S/C31H54N10O/c1-2-3-14-33-30-35-28(32)27-29(36-30)41(31(42)34-27)26(40-22-20-39(21-23-40)25-11-6-7-12-25)13-8-15-37-16-18-38(19-17-37)24-9-4-5-10-24/h24-26H,2-23H2,1H3,(H,34,42)(H3,32,33,35,36). The summed E-state index contributed by atoms with van der Waals surface area (Å²) in [6.07, 6.45) is 15.0. The Morgan fingerprint density at radius 2 is 1.50 bits per heavy atom. The largest absolute Gasteiger partial charge is 0.382 e. The van der Waals surface area contributed by atoms with Crippen molar-refractivity contribution in [3.05, 3.63) is 10.5 Å². The van der Waals surface area contributed by atoms with Gasteiger partial charge in [0.25, 0.3) is 0 Å². The molecule has 0 aromatic carbocycles. The second-order valence-electron chi connectivity index (χ2n) is 13.2. The third kappa shape index (κ3) is 6.79. The zero-order valence-corrected chi connectivity index (χ0v) is 25.9. The number of nitrogen functional groups attached to an aromatic ring is 1. The average molecular weight is 583 g/mol. The Kier molecular flexibility index (Phi) is 9.98. The minimum absolute atomic E-state index is 0.0467. The van der Waals surface area contributed by atoms with Crippen LogP contribution in [0.2, 0.25) is 0 Å². The molecule has 2 aliphatic heterocycles. The maximum Gasteiger partial charge on any atom is 0.329 e. The predicted molar refractivity (Wildman–Crippen MR) is 170 cm³/mol. The third-order valence-electron chi connectivity index (χ3n) is 10.5. The molecule has 0 bridgehead atoms. The van der Waals surface area contributed by atoms with Gasteiger partial charge >= 0.3 is 5.69 Å². The van der Waals surface area contributed by atoms with Crippen molar-refractivity contribution >= 4 is 22.9 Å². The van der Waals surface area contributed by atoms with Gasteiger partial charge in [0.2, 0.25) is 5.95 Å². The quantitative estimate of drug-likeness (QED) is 0.324. The number of fused-ring (bicyclic) bond motifs is 1. The minimum Gasteiger partial charge on any atom is -0.382 e. The Balaban J connectivity index is 1.16. The number of H-pyrrole nitrogens is 1. The summed E-state index contributed by atoms with van der Waals surface area (Å²) in [6.45, 7) is 12.8. The summed E-state index contributed by atoms with van der Waals surface area (Å²) in [5.41, 5.74) is 7.40. The molecular weight excluding hydrogens is 528 g/mol. The molecule has 234 valence electrons. The van der Waals surface area contributed by atoms with Gasteiger partial charge in [-0.2, -0.15) is 9.97 Å². The molecular formula is C31H54N10O. The monoisotopic (exact) mass is 582 g/mol. The fraction of sp³-hybridized carbons (Fsp3) is 0.839. The second kappa shape index (κ2) is 14.1. The lowest BCUT2D eigenvalue weighted by Crippen LogP contribution is -2.52. The van der Waals surface area contributed by atoms with E-state index in [1.807, 2.05) is 4.57 Å². The van der Waals surface area contributed by atoms with Crippen LogP contribution in [0.25, 0.3) is 11.2 Å². The number of nitrogens with zero attached hydrogens (tertiary/aromatic N) is 7. The lowest BCUT2D eigenvalue weighted by Gasteiger charge is -2.42. The molecule has 4 N–H and O–H groups in total. The second-order valence-corrected chi connectivity index (χ2v) is 13.2. The van der Waals surface area contributed by atoms with Gasteiger partial charge in [0.05, 0.1) is 6.17 Å². The average Bonchev–Trinajstić information content (AvgIpc) is 3.79. The third-order valence-corrected chi connectivity index (χ3v) is 10.5. The molecule has 0 amide bonds. The number of hydrogen-bond acceptors (Lipinski definition) is 9. The van der Waals surface area contributed by atoms with Crippen LogP contribution in [0.15, 0.2) is 4.79 Å². The molecule has 2 saturated heterocycles. The Bertz CT molecular complexity index is 1180. The number of unbranched alkanes of at least 4 members (excludes halogenated alkanes) is 1. The number of nitrogens with two attached hydrogens (primary N) is 1. The molecule has 11 heteroatoms. The van der Waals surface area contributed by atoms with E-state index in [1.54, 1.807) is 0 Å². The number of piperazine rings is 2. The minimum atomic E-state index is -0.134. The van der Waals surface area contributed by atoms with Crippen molar-refractivity contribution in [2.45, 2.75) is 102 Å². The van der Waals surface area contributed by atoms with E-state index in [0.717, 1.165) is 90.1 Å². The molecule has 6 rings (SSSR count). The maximum atomic E-state index is 13.6. The molecule has 0 spiro atoms. The van der Waals surface area contributed by atoms with Crippen LogP contribution in [-0.2, 0) is 0 Å². The number of nitrogens with one attached hydrogen (secondary N) is 2. The normalized spacial score (nSPS) is 23.4. The van der Waals surface area contributed by atoms with Gasteiger partial charge in [-0.05, 0) is 51.5 Å². The van der Waals surface area contributed by atoms with Crippen molar-refractivity contribution < 1.29 is 0 Å². The van der Waals surface area contributed by atoms with E-state index in [4.69, 9.17) is 10.7 Å². The first-order chi connectivity index (χ1) is 20.6. The highest BCUT2D eigenvalue weighted by Crippen LogP contribution is 2.29. The highest BCUT2D eigenvalue weighted by Gasteiger charge is 2.32. The van der Waals surface area contributed by atoms with Crippen LogP contribution in [-0.4, -0.2) is 117 Å². The molecule has 2 aromatic rings. The summed E-state index contributed by atoms with van der Waals surface area (Å²) in [5, 5.41) is 3.32. The fourth-order valence-electron chi connectivity index (χ4n) is 8.02. The Hall–Kier alpha value is -2.21. The summed E-state index contributed by atoms with van der Waals surface area (Å²) in [5.74, 6) is 0.839. The molecule has 11 nitrogen and oxygen atoms in total. The SMILES string of the molecule is CCCCNc1nc(N)c2[nH]c(=O)n(C(CCCN3CCN(C4CCCC4)CC3)N3CCN(C4CCCC4)CC3)c2n1. The van der Waals surface area contributed by atoms with Crippen LogP contribution in [0.4, 0.5) is 11.8 Å². The first-order valence-electron chi connectivity index (χ1n) is 17.1. The van der Waals surface area contributed by atoms with Gasteiger partial charge in [-0.15, -0.1) is 0 Å². The predicted octanol–water partition coefficient (Wildman–Crippen LogP) is 3.31. The summed E-state index contributed by atoms with van der Waals surface area (Å²) < 4.78 is 1.89. The smallest absolute Gasteiger partial charge is 0.329 e. The highest BCUT2D eigenvalue weighted by molar-refractivity contribution is 5.82.